The van der Waals surface area contributed by atoms with Gasteiger partial charge in [0, 0.05) is 12.3 Å². The lowest BCUT2D eigenvalue weighted by atomic mass is 10.3. The van der Waals surface area contributed by atoms with Crippen LogP contribution in [0.25, 0.3) is 0 Å². The smallest absolute Gasteiger partial charge is 0.209 e. The molecule has 0 spiro atoms. The van der Waals surface area contributed by atoms with Crippen LogP contribution in [0.4, 0.5) is 8.78 Å². The Morgan fingerprint density at radius 3 is 2.05 bits per heavy atom. The van der Waals surface area contributed by atoms with E-state index >= 15 is 0 Å². The van der Waals surface area contributed by atoms with Gasteiger partial charge in [-0.15, -0.1) is 0 Å². The molecule has 0 saturated carbocycles. The topological polar surface area (TPSA) is 68.3 Å². The molecule has 2 aromatic carbocycles. The molecule has 2 aromatic rings. The van der Waals surface area contributed by atoms with Crippen LogP contribution in [0.1, 0.15) is 0 Å². The number of benzene rings is 2. The first-order valence-corrected chi connectivity index (χ1v) is 9.00. The highest BCUT2D eigenvalue weighted by molar-refractivity contribution is 7.92. The predicted octanol–water partition coefficient (Wildman–Crippen LogP) is 2.20. The van der Waals surface area contributed by atoms with Crippen LogP contribution >= 0.6 is 0 Å². The van der Waals surface area contributed by atoms with Gasteiger partial charge in [0.25, 0.3) is 0 Å². The molecule has 0 aliphatic carbocycles. The van der Waals surface area contributed by atoms with Crippen molar-refractivity contribution in [1.29, 1.82) is 0 Å². The van der Waals surface area contributed by atoms with Gasteiger partial charge in [-0.3, -0.25) is 0 Å². The Kier molecular flexibility index (Phi) is 3.85. The second-order valence-corrected chi connectivity index (χ2v) is 8.26. The highest BCUT2D eigenvalue weighted by atomic mass is 32.2. The van der Waals surface area contributed by atoms with E-state index < -0.39 is 36.2 Å². The number of halogens is 2. The molecule has 0 aromatic heterocycles. The maximum Gasteiger partial charge on any atom is 0.209 e. The molecule has 4 nitrogen and oxygen atoms in total. The van der Waals surface area contributed by atoms with Crippen molar-refractivity contribution in [2.45, 2.75) is 14.7 Å². The predicted molar refractivity (Wildman–Crippen MR) is 71.4 cm³/mol. The largest absolute Gasteiger partial charge is 0.224 e. The molecule has 0 amide bonds. The number of hydrogen-bond donors (Lipinski definition) is 0. The van der Waals surface area contributed by atoms with E-state index in [1.165, 1.54) is 12.1 Å². The van der Waals surface area contributed by atoms with Gasteiger partial charge < -0.3 is 0 Å². The van der Waals surface area contributed by atoms with Crippen LogP contribution < -0.4 is 0 Å². The Balaban J connectivity index is 2.65. The third-order valence-electron chi connectivity index (χ3n) is 2.73. The number of hydrogen-bond acceptors (Lipinski definition) is 4. The molecular weight excluding hydrogens is 322 g/mol. The lowest BCUT2D eigenvalue weighted by Crippen LogP contribution is -2.06. The molecule has 0 atom stereocenters. The zero-order valence-electron chi connectivity index (χ0n) is 10.7. The van der Waals surface area contributed by atoms with Crippen molar-refractivity contribution >= 4 is 19.7 Å². The van der Waals surface area contributed by atoms with Crippen LogP contribution in [0.15, 0.2) is 57.2 Å². The molecule has 21 heavy (non-hydrogen) atoms. The molecular formula is C13H10F2O4S2. The second-order valence-electron chi connectivity index (χ2n) is 4.33. The molecule has 0 aliphatic heterocycles. The Hall–Kier alpha value is -1.80. The summed E-state index contributed by atoms with van der Waals surface area (Å²) < 4.78 is 73.9. The standard InChI is InChI=1S/C13H10F2O4S2/c1-20(16,17)10-3-2-4-11(8-10)21(18,19)13-6-5-9(14)7-12(13)15/h2-8H,1H3. The Morgan fingerprint density at radius 1 is 0.857 bits per heavy atom. The summed E-state index contributed by atoms with van der Waals surface area (Å²) in [4.78, 5) is -1.29. The van der Waals surface area contributed by atoms with E-state index in [2.05, 4.69) is 0 Å². The first-order valence-electron chi connectivity index (χ1n) is 5.62. The van der Waals surface area contributed by atoms with Gasteiger partial charge in [0.1, 0.15) is 16.5 Å². The van der Waals surface area contributed by atoms with E-state index in [1.807, 2.05) is 0 Å². The van der Waals surface area contributed by atoms with Crippen LogP contribution in [0.3, 0.4) is 0 Å². The fraction of sp³-hybridized carbons (Fsp3) is 0.0769. The molecule has 0 fully saturated rings. The van der Waals surface area contributed by atoms with Crippen molar-refractivity contribution in [3.8, 4) is 0 Å². The zero-order chi connectivity index (χ0) is 15.8. The van der Waals surface area contributed by atoms with Crippen molar-refractivity contribution in [2.75, 3.05) is 6.26 Å². The van der Waals surface area contributed by atoms with E-state index in [0.717, 1.165) is 30.5 Å². The monoisotopic (exact) mass is 332 g/mol. The van der Waals surface area contributed by atoms with Crippen LogP contribution in [0, 0.1) is 11.6 Å². The quantitative estimate of drug-likeness (QED) is 0.808. The van der Waals surface area contributed by atoms with E-state index in [1.54, 1.807) is 0 Å². The third kappa shape index (κ3) is 3.11. The Bertz CT molecular complexity index is 904. The molecule has 0 heterocycles. The first-order chi connectivity index (χ1) is 9.62. The van der Waals surface area contributed by atoms with Gasteiger partial charge in [-0.1, -0.05) is 6.07 Å². The van der Waals surface area contributed by atoms with Crippen LogP contribution in [-0.4, -0.2) is 23.1 Å². The summed E-state index contributed by atoms with van der Waals surface area (Å²) in [5.41, 5.74) is 0. The summed E-state index contributed by atoms with van der Waals surface area (Å²) in [7, 11) is -7.88. The van der Waals surface area contributed by atoms with Crippen LogP contribution in [-0.2, 0) is 19.7 Å². The van der Waals surface area contributed by atoms with Gasteiger partial charge in [0.2, 0.25) is 9.84 Å². The number of rotatable bonds is 3. The maximum absolute atomic E-state index is 13.6. The lowest BCUT2D eigenvalue weighted by molar-refractivity contribution is 0.549. The molecule has 0 saturated heterocycles. The summed E-state index contributed by atoms with van der Waals surface area (Å²) in [6, 6.07) is 6.62. The summed E-state index contributed by atoms with van der Waals surface area (Å²) in [5, 5.41) is 0. The van der Waals surface area contributed by atoms with Crippen molar-refractivity contribution in [3.05, 3.63) is 54.1 Å². The Morgan fingerprint density at radius 2 is 1.48 bits per heavy atom. The van der Waals surface area contributed by atoms with Crippen molar-refractivity contribution in [1.82, 2.24) is 0 Å². The van der Waals surface area contributed by atoms with Gasteiger partial charge in [0.15, 0.2) is 9.84 Å². The van der Waals surface area contributed by atoms with E-state index in [9.17, 15) is 25.6 Å². The van der Waals surface area contributed by atoms with E-state index in [0.29, 0.717) is 6.07 Å². The molecule has 0 unspecified atom stereocenters. The third-order valence-corrected chi connectivity index (χ3v) is 5.62. The van der Waals surface area contributed by atoms with E-state index in [4.69, 9.17) is 0 Å². The minimum atomic E-state index is -4.28. The fourth-order valence-corrected chi connectivity index (χ4v) is 3.79. The molecule has 0 bridgehead atoms. The minimum absolute atomic E-state index is 0.203. The molecule has 8 heteroatoms. The first kappa shape index (κ1) is 15.6. The summed E-state index contributed by atoms with van der Waals surface area (Å²) in [6.07, 6.45) is 0.928. The summed E-state index contributed by atoms with van der Waals surface area (Å²) >= 11 is 0. The zero-order valence-corrected chi connectivity index (χ0v) is 12.4. The maximum atomic E-state index is 13.6. The SMILES string of the molecule is CS(=O)(=O)c1cccc(S(=O)(=O)c2ccc(F)cc2F)c1. The highest BCUT2D eigenvalue weighted by Gasteiger charge is 2.23. The average molecular weight is 332 g/mol. The van der Waals surface area contributed by atoms with Crippen molar-refractivity contribution in [3.63, 3.8) is 0 Å². The number of sulfone groups is 2. The second kappa shape index (κ2) is 5.19. The molecule has 0 N–H and O–H groups in total. The van der Waals surface area contributed by atoms with Crippen molar-refractivity contribution < 1.29 is 25.6 Å². The van der Waals surface area contributed by atoms with Crippen LogP contribution in [0.5, 0.6) is 0 Å². The molecule has 0 aliphatic rings. The highest BCUT2D eigenvalue weighted by Crippen LogP contribution is 2.25. The van der Waals surface area contributed by atoms with Gasteiger partial charge >= 0.3 is 0 Å². The lowest BCUT2D eigenvalue weighted by Gasteiger charge is -2.07. The van der Waals surface area contributed by atoms with Gasteiger partial charge in [-0.05, 0) is 30.3 Å². The molecule has 112 valence electrons. The summed E-state index contributed by atoms with van der Waals surface area (Å²) in [6.45, 7) is 0. The fourth-order valence-electron chi connectivity index (χ4n) is 1.69. The van der Waals surface area contributed by atoms with E-state index in [-0.39, 0.29) is 9.79 Å². The Labute approximate surface area is 120 Å². The van der Waals surface area contributed by atoms with Gasteiger partial charge in [0.05, 0.1) is 9.79 Å². The molecule has 0 radical (unpaired) electrons. The average Bonchev–Trinajstić information content (AvgIpc) is 2.37. The molecule has 2 rings (SSSR count). The normalized spacial score (nSPS) is 12.3. The van der Waals surface area contributed by atoms with Gasteiger partial charge in [-0.2, -0.15) is 0 Å². The van der Waals surface area contributed by atoms with Gasteiger partial charge in [-0.25, -0.2) is 25.6 Å². The minimum Gasteiger partial charge on any atom is -0.224 e. The van der Waals surface area contributed by atoms with Crippen LogP contribution in [0.2, 0.25) is 0 Å². The summed E-state index contributed by atoms with van der Waals surface area (Å²) in [5.74, 6) is -2.14. The van der Waals surface area contributed by atoms with Crippen molar-refractivity contribution in [2.24, 2.45) is 0 Å².